The van der Waals surface area contributed by atoms with E-state index in [1.54, 1.807) is 0 Å². The first kappa shape index (κ1) is 11.9. The monoisotopic (exact) mass is 173 g/mol. The molecule has 0 aromatic rings. The summed E-state index contributed by atoms with van der Waals surface area (Å²) >= 11 is 0. The fourth-order valence-corrected chi connectivity index (χ4v) is 0.860. The summed E-state index contributed by atoms with van der Waals surface area (Å²) in [4.78, 5) is 0. The fourth-order valence-electron chi connectivity index (χ4n) is 0.860. The van der Waals surface area contributed by atoms with Crippen molar-refractivity contribution in [3.63, 3.8) is 0 Å². The van der Waals surface area contributed by atoms with Crippen LogP contribution in [0.4, 0.5) is 0 Å². The Balaban J connectivity index is 3.12. The lowest BCUT2D eigenvalue weighted by molar-refractivity contribution is 0.457. The summed E-state index contributed by atoms with van der Waals surface area (Å²) in [5.41, 5.74) is 5.70. The molecule has 0 aromatic carbocycles. The van der Waals surface area contributed by atoms with Gasteiger partial charge < -0.3 is 16.4 Å². The molecule has 0 spiro atoms. The Kier molecular flexibility index (Phi) is 5.46. The first-order valence-electron chi connectivity index (χ1n) is 4.65. The Labute approximate surface area is 76.1 Å². The topological polar surface area (TPSA) is 50.1 Å². The summed E-state index contributed by atoms with van der Waals surface area (Å²) in [6, 6.07) is 0.567. The molecule has 0 saturated heterocycles. The molecule has 0 aromatic heterocycles. The number of nitrogens with one attached hydrogen (secondary N) is 2. The van der Waals surface area contributed by atoms with Gasteiger partial charge in [-0.2, -0.15) is 0 Å². The van der Waals surface area contributed by atoms with Crippen molar-refractivity contribution < 1.29 is 0 Å². The third-order valence-corrected chi connectivity index (χ3v) is 1.43. The van der Waals surface area contributed by atoms with Crippen molar-refractivity contribution in [1.82, 2.24) is 10.6 Å². The highest BCUT2D eigenvalue weighted by atomic mass is 15.0. The molecule has 0 aliphatic heterocycles. The highest BCUT2D eigenvalue weighted by molar-refractivity contribution is 4.74. The van der Waals surface area contributed by atoms with Crippen LogP contribution in [0.3, 0.4) is 0 Å². The molecule has 0 atom stereocenters. The van der Waals surface area contributed by atoms with Crippen LogP contribution in [0.25, 0.3) is 0 Å². The van der Waals surface area contributed by atoms with Gasteiger partial charge in [-0.05, 0) is 13.8 Å². The van der Waals surface area contributed by atoms with E-state index in [-0.39, 0.29) is 5.54 Å². The predicted molar refractivity (Wildman–Crippen MR) is 54.3 cm³/mol. The van der Waals surface area contributed by atoms with Crippen LogP contribution >= 0.6 is 0 Å². The molecular weight excluding hydrogens is 150 g/mol. The van der Waals surface area contributed by atoms with Crippen LogP contribution in [0, 0.1) is 0 Å². The first-order chi connectivity index (χ1) is 5.42. The highest BCUT2D eigenvalue weighted by Crippen LogP contribution is 1.91. The second-order valence-corrected chi connectivity index (χ2v) is 4.27. The highest BCUT2D eigenvalue weighted by Gasteiger charge is 2.08. The van der Waals surface area contributed by atoms with Gasteiger partial charge in [0.05, 0.1) is 0 Å². The van der Waals surface area contributed by atoms with Crippen molar-refractivity contribution in [2.45, 2.75) is 39.3 Å². The summed E-state index contributed by atoms with van der Waals surface area (Å²) in [6.07, 6.45) is 0. The lowest BCUT2D eigenvalue weighted by Crippen LogP contribution is -2.45. The quantitative estimate of drug-likeness (QED) is 0.507. The van der Waals surface area contributed by atoms with E-state index in [4.69, 9.17) is 5.73 Å². The van der Waals surface area contributed by atoms with Gasteiger partial charge >= 0.3 is 0 Å². The van der Waals surface area contributed by atoms with Crippen LogP contribution in [0.2, 0.25) is 0 Å². The normalized spacial score (nSPS) is 12.5. The van der Waals surface area contributed by atoms with Gasteiger partial charge in [0.25, 0.3) is 0 Å². The maximum absolute atomic E-state index is 5.79. The van der Waals surface area contributed by atoms with Crippen LogP contribution in [-0.2, 0) is 0 Å². The molecular formula is C9H23N3. The van der Waals surface area contributed by atoms with Crippen LogP contribution in [0.5, 0.6) is 0 Å². The van der Waals surface area contributed by atoms with Gasteiger partial charge in [0.1, 0.15) is 0 Å². The van der Waals surface area contributed by atoms with Crippen LogP contribution in [0.1, 0.15) is 27.7 Å². The zero-order valence-electron chi connectivity index (χ0n) is 8.78. The van der Waals surface area contributed by atoms with E-state index in [2.05, 4.69) is 24.5 Å². The molecule has 0 heterocycles. The third-order valence-electron chi connectivity index (χ3n) is 1.43. The van der Waals surface area contributed by atoms with Gasteiger partial charge in [-0.3, -0.25) is 0 Å². The number of nitrogens with two attached hydrogens (primary N) is 1. The Bertz CT molecular complexity index is 105. The summed E-state index contributed by atoms with van der Waals surface area (Å²) < 4.78 is 0. The van der Waals surface area contributed by atoms with Gasteiger partial charge in [0.2, 0.25) is 0 Å². The molecule has 0 amide bonds. The molecule has 74 valence electrons. The molecule has 12 heavy (non-hydrogen) atoms. The van der Waals surface area contributed by atoms with E-state index in [9.17, 15) is 0 Å². The van der Waals surface area contributed by atoms with Crippen LogP contribution < -0.4 is 16.4 Å². The van der Waals surface area contributed by atoms with Gasteiger partial charge in [0.15, 0.2) is 0 Å². The Morgan fingerprint density at radius 3 is 2.25 bits per heavy atom. The Morgan fingerprint density at radius 1 is 1.25 bits per heavy atom. The van der Waals surface area contributed by atoms with E-state index in [1.807, 2.05) is 13.8 Å². The minimum atomic E-state index is -0.0994. The van der Waals surface area contributed by atoms with Crippen molar-refractivity contribution in [2.75, 3.05) is 19.6 Å². The van der Waals surface area contributed by atoms with Crippen LogP contribution in [0.15, 0.2) is 0 Å². The van der Waals surface area contributed by atoms with Crippen molar-refractivity contribution in [3.8, 4) is 0 Å². The van der Waals surface area contributed by atoms with Gasteiger partial charge in [0, 0.05) is 31.2 Å². The van der Waals surface area contributed by atoms with E-state index in [1.165, 1.54) is 0 Å². The average molecular weight is 173 g/mol. The molecule has 0 rings (SSSR count). The van der Waals surface area contributed by atoms with E-state index < -0.39 is 0 Å². The maximum atomic E-state index is 5.79. The molecule has 0 fully saturated rings. The van der Waals surface area contributed by atoms with Crippen molar-refractivity contribution in [1.29, 1.82) is 0 Å². The maximum Gasteiger partial charge on any atom is 0.0223 e. The molecule has 0 saturated carbocycles. The van der Waals surface area contributed by atoms with Gasteiger partial charge in [-0.25, -0.2) is 0 Å². The molecule has 4 N–H and O–H groups in total. The molecule has 0 aliphatic rings. The molecule has 3 heteroatoms. The molecule has 3 nitrogen and oxygen atoms in total. The molecule has 0 aliphatic carbocycles. The molecule has 0 bridgehead atoms. The minimum Gasteiger partial charge on any atom is -0.324 e. The van der Waals surface area contributed by atoms with Gasteiger partial charge in [-0.1, -0.05) is 13.8 Å². The van der Waals surface area contributed by atoms with E-state index in [0.717, 1.165) is 19.6 Å². The van der Waals surface area contributed by atoms with Crippen molar-refractivity contribution in [2.24, 2.45) is 5.73 Å². The summed E-state index contributed by atoms with van der Waals surface area (Å²) in [6.45, 7) is 11.2. The van der Waals surface area contributed by atoms with Gasteiger partial charge in [-0.15, -0.1) is 0 Å². The summed E-state index contributed by atoms with van der Waals surface area (Å²) in [7, 11) is 0. The smallest absolute Gasteiger partial charge is 0.0223 e. The number of rotatable bonds is 6. The van der Waals surface area contributed by atoms with Crippen molar-refractivity contribution >= 4 is 0 Å². The lowest BCUT2D eigenvalue weighted by Gasteiger charge is -2.19. The van der Waals surface area contributed by atoms with Crippen molar-refractivity contribution in [3.05, 3.63) is 0 Å². The second-order valence-electron chi connectivity index (χ2n) is 4.27. The summed E-state index contributed by atoms with van der Waals surface area (Å²) in [5, 5.41) is 6.62. The third kappa shape index (κ3) is 9.88. The van der Waals surface area contributed by atoms with Crippen LogP contribution in [-0.4, -0.2) is 31.2 Å². The number of hydrogen-bond donors (Lipinski definition) is 3. The van der Waals surface area contributed by atoms with E-state index >= 15 is 0 Å². The zero-order chi connectivity index (χ0) is 9.61. The predicted octanol–water partition coefficient (Wildman–Crippen LogP) is 0.311. The first-order valence-corrected chi connectivity index (χ1v) is 4.65. The Hall–Kier alpha value is -0.120. The van der Waals surface area contributed by atoms with E-state index in [0.29, 0.717) is 6.04 Å². The minimum absolute atomic E-state index is 0.0994. The largest absolute Gasteiger partial charge is 0.324 e. The standard InChI is InChI=1S/C9H23N3/c1-8(2)12-6-5-11-7-9(3,4)10/h8,11-12H,5-7,10H2,1-4H3. The Morgan fingerprint density at radius 2 is 1.83 bits per heavy atom. The summed E-state index contributed by atoms with van der Waals surface area (Å²) in [5.74, 6) is 0. The molecule has 0 radical (unpaired) electrons. The fraction of sp³-hybridized carbons (Fsp3) is 1.00. The second kappa shape index (κ2) is 5.51. The SMILES string of the molecule is CC(C)NCCNCC(C)(C)N. The zero-order valence-corrected chi connectivity index (χ0v) is 8.78. The number of hydrogen-bond acceptors (Lipinski definition) is 3. The average Bonchev–Trinajstić information content (AvgIpc) is 1.83. The lowest BCUT2D eigenvalue weighted by atomic mass is 10.1. The molecule has 0 unspecified atom stereocenters.